The number of aromatic amines is 1. The number of benzene rings is 1. The van der Waals surface area contributed by atoms with Crippen molar-refractivity contribution in [3.63, 3.8) is 0 Å². The summed E-state index contributed by atoms with van der Waals surface area (Å²) in [6, 6.07) is 6.52. The molecule has 1 aromatic carbocycles. The Morgan fingerprint density at radius 1 is 1.29 bits per heavy atom. The van der Waals surface area contributed by atoms with Crippen molar-refractivity contribution in [2.45, 2.75) is 32.1 Å². The molecule has 0 radical (unpaired) electrons. The van der Waals surface area contributed by atoms with E-state index >= 15 is 0 Å². The van der Waals surface area contributed by atoms with Gasteiger partial charge in [0.2, 0.25) is 0 Å². The smallest absolute Gasteiger partial charge is 0.255 e. The van der Waals surface area contributed by atoms with Crippen LogP contribution in [0.3, 0.4) is 0 Å². The van der Waals surface area contributed by atoms with Crippen LogP contribution in [0.4, 0.5) is 15.8 Å². The summed E-state index contributed by atoms with van der Waals surface area (Å²) in [6.07, 6.45) is 8.18. The van der Waals surface area contributed by atoms with E-state index in [0.29, 0.717) is 41.5 Å². The molecule has 3 aromatic rings. The number of amides is 1. The van der Waals surface area contributed by atoms with Gasteiger partial charge in [-0.1, -0.05) is 17.7 Å². The van der Waals surface area contributed by atoms with Gasteiger partial charge in [-0.3, -0.25) is 9.78 Å². The maximum atomic E-state index is 14.4. The van der Waals surface area contributed by atoms with E-state index in [1.165, 1.54) is 18.7 Å². The molecular weight excluding hydrogens is 435 g/mol. The average Bonchev–Trinajstić information content (AvgIpc) is 3.21. The number of allylic oxidation sites excluding steroid dienone is 1. The second kappa shape index (κ2) is 9.21. The lowest BCUT2D eigenvalue weighted by Gasteiger charge is -2.24. The minimum Gasteiger partial charge on any atom is -0.492 e. The van der Waals surface area contributed by atoms with Crippen LogP contribution in [0.2, 0.25) is 0 Å². The molecule has 2 bridgehead atoms. The monoisotopic (exact) mass is 462 g/mol. The number of hydrogen-bond acceptors (Lipinski definition) is 5. The van der Waals surface area contributed by atoms with Crippen molar-refractivity contribution < 1.29 is 18.7 Å². The minimum absolute atomic E-state index is 0.0811. The first kappa shape index (κ1) is 22.0. The number of halogens is 1. The van der Waals surface area contributed by atoms with Crippen LogP contribution in [-0.2, 0) is 0 Å². The van der Waals surface area contributed by atoms with Crippen LogP contribution in [0.1, 0.15) is 48.2 Å². The Morgan fingerprint density at radius 2 is 2.18 bits per heavy atom. The lowest BCUT2D eigenvalue weighted by molar-refractivity contribution is 0.0940. The molecule has 2 aliphatic heterocycles. The molecule has 5 rings (SSSR count). The summed E-state index contributed by atoms with van der Waals surface area (Å²) in [5.41, 5.74) is 5.14. The summed E-state index contributed by atoms with van der Waals surface area (Å²) < 4.78 is 25.8. The first-order valence-electron chi connectivity index (χ1n) is 11.4. The summed E-state index contributed by atoms with van der Waals surface area (Å²) in [5.74, 6) is 0.141. The van der Waals surface area contributed by atoms with Crippen LogP contribution in [0.25, 0.3) is 11.3 Å². The normalized spacial score (nSPS) is 19.2. The fourth-order valence-electron chi connectivity index (χ4n) is 4.67. The number of anilines is 2. The van der Waals surface area contributed by atoms with Gasteiger partial charge in [-0.2, -0.15) is 0 Å². The predicted octanol–water partition coefficient (Wildman–Crippen LogP) is 5.30. The third-order valence-electron chi connectivity index (χ3n) is 6.41. The van der Waals surface area contributed by atoms with Gasteiger partial charge in [0.05, 0.1) is 42.5 Å². The Bertz CT molecular complexity index is 1270. The number of ether oxygens (including phenoxy) is 2. The van der Waals surface area contributed by atoms with Crippen LogP contribution in [0, 0.1) is 5.82 Å². The number of aromatic nitrogens is 2. The van der Waals surface area contributed by atoms with Gasteiger partial charge in [0.25, 0.3) is 5.91 Å². The number of carbonyl (C=O) groups excluding carboxylic acids is 1. The molecule has 2 aromatic heterocycles. The summed E-state index contributed by atoms with van der Waals surface area (Å²) in [7, 11) is 1.42. The zero-order chi connectivity index (χ0) is 23.7. The maximum Gasteiger partial charge on any atom is 0.255 e. The summed E-state index contributed by atoms with van der Waals surface area (Å²) in [5, 5.41) is 6.33. The Morgan fingerprint density at radius 3 is 3.03 bits per heavy atom. The molecule has 4 heterocycles. The Hall–Kier alpha value is -3.81. The molecule has 3 N–H and O–H groups in total. The van der Waals surface area contributed by atoms with Crippen molar-refractivity contribution in [2.24, 2.45) is 0 Å². The van der Waals surface area contributed by atoms with Crippen molar-refractivity contribution in [3.05, 3.63) is 65.4 Å². The number of H-pyrrole nitrogens is 1. The number of nitrogens with zero attached hydrogens (tertiary/aromatic N) is 1. The zero-order valence-electron chi connectivity index (χ0n) is 19.2. The Balaban J connectivity index is 1.72. The molecule has 7 nitrogen and oxygen atoms in total. The lowest BCUT2D eigenvalue weighted by atomic mass is 9.90. The number of methoxy groups -OCH3 is 1. The van der Waals surface area contributed by atoms with Gasteiger partial charge >= 0.3 is 0 Å². The van der Waals surface area contributed by atoms with Crippen molar-refractivity contribution in [2.75, 3.05) is 25.6 Å². The third-order valence-corrected chi connectivity index (χ3v) is 6.41. The lowest BCUT2D eigenvalue weighted by Crippen LogP contribution is -2.35. The summed E-state index contributed by atoms with van der Waals surface area (Å²) >= 11 is 0. The van der Waals surface area contributed by atoms with E-state index in [1.54, 1.807) is 24.5 Å². The molecular formula is C26H27FN4O3. The van der Waals surface area contributed by atoms with E-state index in [1.807, 2.05) is 6.07 Å². The molecule has 0 saturated heterocycles. The third kappa shape index (κ3) is 4.00. The standard InChI is InChI=1S/C26H27FN4O3/c1-15-5-4-12-34-20-14-28-11-10-17(20)23-24(30-19-7-3-6-18(27)25(19)33-2)21-22(31-23)16(9-8-15)13-29-26(21)32/h3,5-7,10-11,14,16,30-31H,4,8-9,12-13H2,1-2H3,(H,29,32)/b15-5-. The molecule has 176 valence electrons. The van der Waals surface area contributed by atoms with E-state index in [-0.39, 0.29) is 17.6 Å². The van der Waals surface area contributed by atoms with E-state index < -0.39 is 5.82 Å². The first-order chi connectivity index (χ1) is 16.6. The van der Waals surface area contributed by atoms with Gasteiger partial charge in [0, 0.05) is 29.9 Å². The Labute approximate surface area is 197 Å². The summed E-state index contributed by atoms with van der Waals surface area (Å²) in [4.78, 5) is 20.9. The van der Waals surface area contributed by atoms with Crippen molar-refractivity contribution in [1.82, 2.24) is 15.3 Å². The van der Waals surface area contributed by atoms with Gasteiger partial charge in [-0.25, -0.2) is 4.39 Å². The molecule has 2 aliphatic rings. The first-order valence-corrected chi connectivity index (χ1v) is 11.4. The second-order valence-electron chi connectivity index (χ2n) is 8.61. The van der Waals surface area contributed by atoms with Gasteiger partial charge in [0.15, 0.2) is 11.6 Å². The zero-order valence-corrected chi connectivity index (χ0v) is 19.2. The molecule has 0 spiro atoms. The van der Waals surface area contributed by atoms with Gasteiger partial charge in [0.1, 0.15) is 5.75 Å². The van der Waals surface area contributed by atoms with Crippen LogP contribution in [0.5, 0.6) is 11.5 Å². The topological polar surface area (TPSA) is 88.3 Å². The van der Waals surface area contributed by atoms with Crippen molar-refractivity contribution in [1.29, 1.82) is 0 Å². The number of nitrogens with one attached hydrogen (secondary N) is 3. The SMILES string of the molecule is COc1c(F)cccc1Nc1c2[nH]c3c1C(=O)NCC3CC/C(C)=C\CCOc1cnccc1-2. The van der Waals surface area contributed by atoms with E-state index in [4.69, 9.17) is 9.47 Å². The highest BCUT2D eigenvalue weighted by Gasteiger charge is 2.33. The molecule has 1 atom stereocenters. The number of para-hydroxylation sites is 1. The number of carbonyl (C=O) groups is 1. The number of rotatable bonds is 3. The average molecular weight is 463 g/mol. The number of fused-ring (bicyclic) bond motifs is 3. The van der Waals surface area contributed by atoms with Crippen molar-refractivity contribution in [3.8, 4) is 22.8 Å². The largest absolute Gasteiger partial charge is 0.492 e. The quantitative estimate of drug-likeness (QED) is 0.460. The van der Waals surface area contributed by atoms with Crippen LogP contribution < -0.4 is 20.1 Å². The molecule has 8 heteroatoms. The molecule has 0 fully saturated rings. The van der Waals surface area contributed by atoms with Crippen LogP contribution >= 0.6 is 0 Å². The number of hydrogen-bond donors (Lipinski definition) is 3. The van der Waals surface area contributed by atoms with E-state index in [2.05, 4.69) is 33.6 Å². The van der Waals surface area contributed by atoms with E-state index in [9.17, 15) is 9.18 Å². The number of pyridine rings is 1. The van der Waals surface area contributed by atoms with E-state index in [0.717, 1.165) is 30.5 Å². The van der Waals surface area contributed by atoms with Gasteiger partial charge < -0.3 is 25.1 Å². The van der Waals surface area contributed by atoms with Gasteiger partial charge in [-0.15, -0.1) is 0 Å². The molecule has 34 heavy (non-hydrogen) atoms. The molecule has 1 amide bonds. The molecule has 0 aliphatic carbocycles. The van der Waals surface area contributed by atoms with Crippen LogP contribution in [-0.4, -0.2) is 36.1 Å². The maximum absolute atomic E-state index is 14.4. The predicted molar refractivity (Wildman–Crippen MR) is 128 cm³/mol. The highest BCUT2D eigenvalue weighted by Crippen LogP contribution is 2.44. The fraction of sp³-hybridized carbons (Fsp3) is 0.308. The molecule has 0 saturated carbocycles. The van der Waals surface area contributed by atoms with Crippen molar-refractivity contribution >= 4 is 17.3 Å². The Kier molecular flexibility index (Phi) is 5.96. The summed E-state index contributed by atoms with van der Waals surface area (Å²) in [6.45, 7) is 3.20. The second-order valence-corrected chi connectivity index (χ2v) is 8.61. The highest BCUT2D eigenvalue weighted by molar-refractivity contribution is 6.07. The van der Waals surface area contributed by atoms with Gasteiger partial charge in [-0.05, 0) is 44.4 Å². The fourth-order valence-corrected chi connectivity index (χ4v) is 4.67. The molecule has 1 unspecified atom stereocenters. The highest BCUT2D eigenvalue weighted by atomic mass is 19.1. The minimum atomic E-state index is -0.488. The van der Waals surface area contributed by atoms with Crippen LogP contribution in [0.15, 0.2) is 48.3 Å².